The Labute approximate surface area is 205 Å². The molecular formula is C28H32N2O5. The van der Waals surface area contributed by atoms with Crippen LogP contribution in [-0.4, -0.2) is 37.3 Å². The molecule has 0 spiro atoms. The third kappa shape index (κ3) is 4.59. The molecule has 1 fully saturated rings. The Kier molecular flexibility index (Phi) is 7.34. The van der Waals surface area contributed by atoms with Gasteiger partial charge in [0.15, 0.2) is 0 Å². The second kappa shape index (κ2) is 10.4. The van der Waals surface area contributed by atoms with E-state index >= 15 is 0 Å². The highest BCUT2D eigenvalue weighted by Crippen LogP contribution is 2.35. The maximum absolute atomic E-state index is 13.4. The summed E-state index contributed by atoms with van der Waals surface area (Å²) in [6, 6.07) is 10.5. The molecule has 2 unspecified atom stereocenters. The molecule has 1 aliphatic carbocycles. The number of rotatable bonds is 7. The van der Waals surface area contributed by atoms with Crippen LogP contribution >= 0.6 is 0 Å². The number of hydrogen-bond acceptors (Lipinski definition) is 5. The Balaban J connectivity index is 1.55. The molecule has 1 heterocycles. The first-order valence-electron chi connectivity index (χ1n) is 12.4. The zero-order valence-corrected chi connectivity index (χ0v) is 20.6. The summed E-state index contributed by atoms with van der Waals surface area (Å²) in [5, 5.41) is 2.92. The summed E-state index contributed by atoms with van der Waals surface area (Å²) in [5.41, 5.74) is 3.38. The van der Waals surface area contributed by atoms with Crippen LogP contribution in [0.1, 0.15) is 81.7 Å². The van der Waals surface area contributed by atoms with E-state index in [1.807, 2.05) is 32.0 Å². The summed E-state index contributed by atoms with van der Waals surface area (Å²) in [6.45, 7) is 4.35. The van der Waals surface area contributed by atoms with Gasteiger partial charge in [0.1, 0.15) is 0 Å². The van der Waals surface area contributed by atoms with Gasteiger partial charge in [-0.2, -0.15) is 0 Å². The van der Waals surface area contributed by atoms with Crippen molar-refractivity contribution in [1.29, 1.82) is 0 Å². The molecule has 1 saturated carbocycles. The van der Waals surface area contributed by atoms with E-state index in [0.717, 1.165) is 36.8 Å². The van der Waals surface area contributed by atoms with Crippen LogP contribution in [0.3, 0.4) is 0 Å². The molecule has 184 valence electrons. The van der Waals surface area contributed by atoms with Gasteiger partial charge in [0.05, 0.1) is 29.8 Å². The molecular weight excluding hydrogens is 444 g/mol. The lowest BCUT2D eigenvalue weighted by Gasteiger charge is -2.29. The summed E-state index contributed by atoms with van der Waals surface area (Å²) >= 11 is 0. The van der Waals surface area contributed by atoms with Crippen molar-refractivity contribution in [2.75, 3.05) is 18.6 Å². The predicted octanol–water partition coefficient (Wildman–Crippen LogP) is 4.32. The van der Waals surface area contributed by atoms with Crippen LogP contribution in [0.25, 0.3) is 0 Å². The fraction of sp³-hybridized carbons (Fsp3) is 0.429. The first-order valence-corrected chi connectivity index (χ1v) is 12.4. The van der Waals surface area contributed by atoms with Crippen LogP contribution in [0.2, 0.25) is 0 Å². The maximum atomic E-state index is 13.4. The minimum absolute atomic E-state index is 0.0197. The van der Waals surface area contributed by atoms with E-state index in [0.29, 0.717) is 36.2 Å². The van der Waals surface area contributed by atoms with E-state index in [1.165, 1.54) is 18.1 Å². The van der Waals surface area contributed by atoms with Crippen molar-refractivity contribution >= 4 is 29.4 Å². The van der Waals surface area contributed by atoms with E-state index < -0.39 is 5.91 Å². The van der Waals surface area contributed by atoms with Gasteiger partial charge in [-0.1, -0.05) is 44.9 Å². The van der Waals surface area contributed by atoms with Crippen molar-refractivity contribution in [3.8, 4) is 0 Å². The number of hydrogen-bond donors (Lipinski definition) is 1. The minimum Gasteiger partial charge on any atom is -0.469 e. The van der Waals surface area contributed by atoms with Crippen molar-refractivity contribution in [2.24, 2.45) is 11.8 Å². The van der Waals surface area contributed by atoms with Crippen molar-refractivity contribution in [3.05, 3.63) is 64.2 Å². The van der Waals surface area contributed by atoms with Gasteiger partial charge in [0, 0.05) is 12.1 Å². The number of para-hydroxylation sites is 1. The zero-order valence-electron chi connectivity index (χ0n) is 20.6. The number of methoxy groups -OCH3 is 1. The number of esters is 1. The van der Waals surface area contributed by atoms with Crippen molar-refractivity contribution in [1.82, 2.24) is 5.32 Å². The SMILES string of the molecule is CCc1cccc(CC)c1N1C(=O)c2ccc(C(=O)NCC3CCCCC3C(=O)OC)cc2C1=O. The first-order chi connectivity index (χ1) is 16.9. The number of carbonyl (C=O) groups is 4. The van der Waals surface area contributed by atoms with E-state index in [9.17, 15) is 19.2 Å². The Morgan fingerprint density at radius 2 is 1.63 bits per heavy atom. The first kappa shape index (κ1) is 24.6. The topological polar surface area (TPSA) is 92.8 Å². The van der Waals surface area contributed by atoms with E-state index in [-0.39, 0.29) is 35.2 Å². The zero-order chi connectivity index (χ0) is 25.1. The smallest absolute Gasteiger partial charge is 0.309 e. The fourth-order valence-electron chi connectivity index (χ4n) is 5.33. The van der Waals surface area contributed by atoms with Gasteiger partial charge in [-0.05, 0) is 60.9 Å². The molecule has 4 rings (SSSR count). The molecule has 2 aliphatic rings. The highest BCUT2D eigenvalue weighted by atomic mass is 16.5. The third-order valence-corrected chi connectivity index (χ3v) is 7.28. The van der Waals surface area contributed by atoms with Gasteiger partial charge in [-0.3, -0.25) is 19.2 Å². The second-order valence-electron chi connectivity index (χ2n) is 9.22. The van der Waals surface area contributed by atoms with Gasteiger partial charge in [0.2, 0.25) is 0 Å². The summed E-state index contributed by atoms with van der Waals surface area (Å²) < 4.78 is 4.94. The molecule has 0 bridgehead atoms. The van der Waals surface area contributed by atoms with Gasteiger partial charge < -0.3 is 10.1 Å². The lowest BCUT2D eigenvalue weighted by Crippen LogP contribution is -2.37. The molecule has 3 amide bonds. The predicted molar refractivity (Wildman–Crippen MR) is 133 cm³/mol. The molecule has 7 nitrogen and oxygen atoms in total. The number of fused-ring (bicyclic) bond motifs is 1. The molecule has 1 aliphatic heterocycles. The highest BCUT2D eigenvalue weighted by molar-refractivity contribution is 6.35. The Morgan fingerprint density at radius 3 is 2.29 bits per heavy atom. The molecule has 2 atom stereocenters. The second-order valence-corrected chi connectivity index (χ2v) is 9.22. The van der Waals surface area contributed by atoms with Crippen LogP contribution in [0.15, 0.2) is 36.4 Å². The number of ether oxygens (including phenoxy) is 1. The number of nitrogens with one attached hydrogen (secondary N) is 1. The van der Waals surface area contributed by atoms with Crippen LogP contribution in [-0.2, 0) is 22.4 Å². The molecule has 0 saturated heterocycles. The summed E-state index contributed by atoms with van der Waals surface area (Å²) in [4.78, 5) is 53.0. The Morgan fingerprint density at radius 1 is 0.971 bits per heavy atom. The number of aryl methyl sites for hydroxylation is 2. The van der Waals surface area contributed by atoms with Gasteiger partial charge in [0.25, 0.3) is 17.7 Å². The fourth-order valence-corrected chi connectivity index (χ4v) is 5.33. The van der Waals surface area contributed by atoms with Crippen LogP contribution < -0.4 is 10.2 Å². The number of imide groups is 1. The summed E-state index contributed by atoms with van der Waals surface area (Å²) in [7, 11) is 1.39. The molecule has 0 aromatic heterocycles. The highest BCUT2D eigenvalue weighted by Gasteiger charge is 2.39. The Hall–Kier alpha value is -3.48. The number of carbonyl (C=O) groups excluding carboxylic acids is 4. The number of nitrogens with zero attached hydrogens (tertiary/aromatic N) is 1. The Bertz CT molecular complexity index is 1150. The standard InChI is InChI=1S/C28H32N2O5/c1-4-17-10-8-11-18(5-2)24(17)30-26(32)22-14-13-19(15-23(22)27(30)33)25(31)29-16-20-9-6-7-12-21(20)28(34)35-3/h8,10-11,13-15,20-21H,4-7,9,12,16H2,1-3H3,(H,29,31). The van der Waals surface area contributed by atoms with E-state index in [2.05, 4.69) is 5.32 Å². The van der Waals surface area contributed by atoms with Crippen molar-refractivity contribution < 1.29 is 23.9 Å². The number of amides is 3. The van der Waals surface area contributed by atoms with Crippen molar-refractivity contribution in [3.63, 3.8) is 0 Å². The van der Waals surface area contributed by atoms with E-state index in [1.54, 1.807) is 12.1 Å². The van der Waals surface area contributed by atoms with Crippen molar-refractivity contribution in [2.45, 2.75) is 52.4 Å². The summed E-state index contributed by atoms with van der Waals surface area (Å²) in [5.74, 6) is -1.53. The minimum atomic E-state index is -0.409. The maximum Gasteiger partial charge on any atom is 0.309 e. The number of benzene rings is 2. The lowest BCUT2D eigenvalue weighted by atomic mass is 9.79. The molecule has 0 radical (unpaired) electrons. The molecule has 2 aromatic carbocycles. The van der Waals surface area contributed by atoms with Crippen LogP contribution in [0.4, 0.5) is 5.69 Å². The normalized spacial score (nSPS) is 19.5. The molecule has 2 aromatic rings. The third-order valence-electron chi connectivity index (χ3n) is 7.28. The van der Waals surface area contributed by atoms with Crippen LogP contribution in [0, 0.1) is 11.8 Å². The number of anilines is 1. The quantitative estimate of drug-likeness (QED) is 0.475. The molecule has 7 heteroatoms. The average molecular weight is 477 g/mol. The van der Waals surface area contributed by atoms with Gasteiger partial charge in [-0.25, -0.2) is 4.90 Å². The largest absolute Gasteiger partial charge is 0.469 e. The van der Waals surface area contributed by atoms with Gasteiger partial charge in [-0.15, -0.1) is 0 Å². The van der Waals surface area contributed by atoms with Gasteiger partial charge >= 0.3 is 5.97 Å². The lowest BCUT2D eigenvalue weighted by molar-refractivity contribution is -0.148. The average Bonchev–Trinajstić information content (AvgIpc) is 3.15. The van der Waals surface area contributed by atoms with E-state index in [4.69, 9.17) is 4.74 Å². The molecule has 1 N–H and O–H groups in total. The summed E-state index contributed by atoms with van der Waals surface area (Å²) in [6.07, 6.45) is 4.98. The monoisotopic (exact) mass is 476 g/mol. The van der Waals surface area contributed by atoms with Crippen LogP contribution in [0.5, 0.6) is 0 Å². The molecule has 35 heavy (non-hydrogen) atoms.